The molecule has 0 saturated heterocycles. The summed E-state index contributed by atoms with van der Waals surface area (Å²) < 4.78 is 10.3. The Balaban J connectivity index is 2.17. The second-order valence-electron chi connectivity index (χ2n) is 4.09. The fourth-order valence-electron chi connectivity index (χ4n) is 1.73. The predicted octanol–water partition coefficient (Wildman–Crippen LogP) is 2.92. The smallest absolute Gasteiger partial charge is 0.339 e. The van der Waals surface area contributed by atoms with Crippen LogP contribution in [0, 0.1) is 11.3 Å². The number of nitrogens with zero attached hydrogens (tertiary/aromatic N) is 1. The largest absolute Gasteiger partial charge is 0.489 e. The zero-order chi connectivity index (χ0) is 14.4. The number of nitriles is 1. The number of ether oxygens (including phenoxy) is 2. The molecule has 0 atom stereocenters. The summed E-state index contributed by atoms with van der Waals surface area (Å²) in [6.45, 7) is 0.396. The molecular weight excluding hydrogens is 254 g/mol. The molecule has 0 aliphatic rings. The van der Waals surface area contributed by atoms with Gasteiger partial charge in [0, 0.05) is 0 Å². The Morgan fingerprint density at radius 3 is 2.60 bits per heavy atom. The third-order valence-electron chi connectivity index (χ3n) is 2.77. The van der Waals surface area contributed by atoms with Gasteiger partial charge in [-0.3, -0.25) is 0 Å². The highest BCUT2D eigenvalue weighted by Crippen LogP contribution is 2.19. The first kappa shape index (κ1) is 13.6. The van der Waals surface area contributed by atoms with Crippen LogP contribution in [-0.2, 0) is 11.3 Å². The van der Waals surface area contributed by atoms with Crippen LogP contribution in [0.2, 0.25) is 0 Å². The predicted molar refractivity (Wildman–Crippen MR) is 73.3 cm³/mol. The second-order valence-corrected chi connectivity index (χ2v) is 4.09. The van der Waals surface area contributed by atoms with Gasteiger partial charge in [-0.15, -0.1) is 0 Å². The van der Waals surface area contributed by atoms with E-state index in [-0.39, 0.29) is 11.1 Å². The number of esters is 1. The van der Waals surface area contributed by atoms with E-state index in [1.54, 1.807) is 12.1 Å². The van der Waals surface area contributed by atoms with Crippen molar-refractivity contribution in [1.82, 2.24) is 0 Å². The Kier molecular flexibility index (Phi) is 4.35. The maximum absolute atomic E-state index is 11.6. The second kappa shape index (κ2) is 6.39. The van der Waals surface area contributed by atoms with E-state index in [9.17, 15) is 4.79 Å². The lowest BCUT2D eigenvalue weighted by atomic mass is 10.1. The standard InChI is InChI=1S/C16H13NO3/c1-19-16(18)15-9-14(8-7-13(15)10-17)20-11-12-5-3-2-4-6-12/h2-9H,11H2,1H3. The summed E-state index contributed by atoms with van der Waals surface area (Å²) in [7, 11) is 1.28. The number of hydrogen-bond acceptors (Lipinski definition) is 4. The number of carbonyl (C=O) groups excluding carboxylic acids is 1. The molecule has 100 valence electrons. The molecule has 0 aliphatic heterocycles. The van der Waals surface area contributed by atoms with Crippen LogP contribution in [0.25, 0.3) is 0 Å². The molecule has 0 aliphatic carbocycles. The van der Waals surface area contributed by atoms with Crippen molar-refractivity contribution in [3.05, 3.63) is 65.2 Å². The third-order valence-corrected chi connectivity index (χ3v) is 2.77. The van der Waals surface area contributed by atoms with Crippen LogP contribution in [0.5, 0.6) is 5.75 Å². The van der Waals surface area contributed by atoms with Crippen LogP contribution in [0.3, 0.4) is 0 Å². The van der Waals surface area contributed by atoms with Gasteiger partial charge in [-0.2, -0.15) is 5.26 Å². The summed E-state index contributed by atoms with van der Waals surface area (Å²) in [5.41, 5.74) is 1.50. The maximum Gasteiger partial charge on any atom is 0.339 e. The van der Waals surface area contributed by atoms with E-state index < -0.39 is 5.97 Å². The Hall–Kier alpha value is -2.80. The van der Waals surface area contributed by atoms with Gasteiger partial charge in [0.1, 0.15) is 18.4 Å². The first-order valence-corrected chi connectivity index (χ1v) is 6.04. The third kappa shape index (κ3) is 3.15. The number of benzene rings is 2. The summed E-state index contributed by atoms with van der Waals surface area (Å²) in [4.78, 5) is 11.6. The van der Waals surface area contributed by atoms with Crippen molar-refractivity contribution < 1.29 is 14.3 Å². The van der Waals surface area contributed by atoms with Gasteiger partial charge < -0.3 is 9.47 Å². The van der Waals surface area contributed by atoms with E-state index in [0.29, 0.717) is 12.4 Å². The van der Waals surface area contributed by atoms with E-state index in [0.717, 1.165) is 5.56 Å². The van der Waals surface area contributed by atoms with Crippen LogP contribution in [-0.4, -0.2) is 13.1 Å². The molecule has 0 heterocycles. The van der Waals surface area contributed by atoms with Gasteiger partial charge in [0.25, 0.3) is 0 Å². The summed E-state index contributed by atoms with van der Waals surface area (Å²) >= 11 is 0. The maximum atomic E-state index is 11.6. The number of hydrogen-bond donors (Lipinski definition) is 0. The van der Waals surface area contributed by atoms with Gasteiger partial charge >= 0.3 is 5.97 Å². The molecule has 0 aromatic heterocycles. The molecule has 4 nitrogen and oxygen atoms in total. The molecule has 0 spiro atoms. The minimum Gasteiger partial charge on any atom is -0.489 e. The molecule has 4 heteroatoms. The Morgan fingerprint density at radius 2 is 1.95 bits per heavy atom. The van der Waals surface area contributed by atoms with Gasteiger partial charge in [0.15, 0.2) is 0 Å². The topological polar surface area (TPSA) is 59.3 Å². The minimum atomic E-state index is -0.549. The van der Waals surface area contributed by atoms with E-state index in [4.69, 9.17) is 10.00 Å². The Labute approximate surface area is 117 Å². The SMILES string of the molecule is COC(=O)c1cc(OCc2ccccc2)ccc1C#N. The molecule has 20 heavy (non-hydrogen) atoms. The van der Waals surface area contributed by atoms with Crippen LogP contribution in [0.15, 0.2) is 48.5 Å². The molecule has 0 amide bonds. The van der Waals surface area contributed by atoms with Crippen LogP contribution in [0.4, 0.5) is 0 Å². The van der Waals surface area contributed by atoms with E-state index in [2.05, 4.69) is 4.74 Å². The summed E-state index contributed by atoms with van der Waals surface area (Å²) in [6, 6.07) is 16.4. The van der Waals surface area contributed by atoms with Gasteiger partial charge in [0.05, 0.1) is 18.2 Å². The average Bonchev–Trinajstić information content (AvgIpc) is 2.52. The van der Waals surface area contributed by atoms with Crippen molar-refractivity contribution in [2.75, 3.05) is 7.11 Å². The molecule has 0 fully saturated rings. The van der Waals surface area contributed by atoms with Gasteiger partial charge in [-0.05, 0) is 23.8 Å². The van der Waals surface area contributed by atoms with E-state index in [1.165, 1.54) is 13.2 Å². The van der Waals surface area contributed by atoms with Crippen molar-refractivity contribution in [2.24, 2.45) is 0 Å². The van der Waals surface area contributed by atoms with Crippen molar-refractivity contribution >= 4 is 5.97 Å². The number of rotatable bonds is 4. The van der Waals surface area contributed by atoms with Crippen LogP contribution >= 0.6 is 0 Å². The lowest BCUT2D eigenvalue weighted by molar-refractivity contribution is 0.0600. The highest BCUT2D eigenvalue weighted by molar-refractivity contribution is 5.92. The quantitative estimate of drug-likeness (QED) is 0.799. The lowest BCUT2D eigenvalue weighted by Crippen LogP contribution is -2.05. The Bertz CT molecular complexity index is 645. The normalized spacial score (nSPS) is 9.60. The van der Waals surface area contributed by atoms with E-state index >= 15 is 0 Å². The number of carbonyl (C=O) groups is 1. The summed E-state index contributed by atoms with van der Waals surface area (Å²) in [5, 5.41) is 8.96. The first-order chi connectivity index (χ1) is 9.74. The van der Waals surface area contributed by atoms with E-state index in [1.807, 2.05) is 36.4 Å². The molecule has 0 N–H and O–H groups in total. The van der Waals surface area contributed by atoms with Gasteiger partial charge in [-0.25, -0.2) is 4.79 Å². The average molecular weight is 267 g/mol. The first-order valence-electron chi connectivity index (χ1n) is 6.04. The van der Waals surface area contributed by atoms with Crippen LogP contribution in [0.1, 0.15) is 21.5 Å². The van der Waals surface area contributed by atoms with Crippen molar-refractivity contribution in [3.8, 4) is 11.8 Å². The minimum absolute atomic E-state index is 0.209. The zero-order valence-electron chi connectivity index (χ0n) is 11.0. The highest BCUT2D eigenvalue weighted by atomic mass is 16.5. The molecule has 2 rings (SSSR count). The number of methoxy groups -OCH3 is 1. The molecule has 0 unspecified atom stereocenters. The molecule has 0 saturated carbocycles. The van der Waals surface area contributed by atoms with Gasteiger partial charge in [0.2, 0.25) is 0 Å². The molecule has 0 radical (unpaired) electrons. The zero-order valence-corrected chi connectivity index (χ0v) is 11.0. The summed E-state index contributed by atoms with van der Waals surface area (Å²) in [5.74, 6) is -0.0278. The van der Waals surface area contributed by atoms with Crippen molar-refractivity contribution in [2.45, 2.75) is 6.61 Å². The fourth-order valence-corrected chi connectivity index (χ4v) is 1.73. The van der Waals surface area contributed by atoms with Crippen molar-refractivity contribution in [1.29, 1.82) is 5.26 Å². The molecule has 2 aromatic carbocycles. The summed E-state index contributed by atoms with van der Waals surface area (Å²) in [6.07, 6.45) is 0. The molecular formula is C16H13NO3. The van der Waals surface area contributed by atoms with Gasteiger partial charge in [-0.1, -0.05) is 30.3 Å². The van der Waals surface area contributed by atoms with Crippen LogP contribution < -0.4 is 4.74 Å². The Morgan fingerprint density at radius 1 is 1.20 bits per heavy atom. The molecule has 0 bridgehead atoms. The highest BCUT2D eigenvalue weighted by Gasteiger charge is 2.13. The lowest BCUT2D eigenvalue weighted by Gasteiger charge is -2.08. The monoisotopic (exact) mass is 267 g/mol. The van der Waals surface area contributed by atoms with Crippen molar-refractivity contribution in [3.63, 3.8) is 0 Å². The fraction of sp³-hybridized carbons (Fsp3) is 0.125. The molecule has 2 aromatic rings.